The predicted octanol–water partition coefficient (Wildman–Crippen LogP) is 0.659. The highest BCUT2D eigenvalue weighted by Gasteiger charge is 2.72. The summed E-state index contributed by atoms with van der Waals surface area (Å²) in [5.74, 6) is -8.59. The Labute approximate surface area is 124 Å². The lowest BCUT2D eigenvalue weighted by Crippen LogP contribution is -2.64. The molecule has 1 rings (SSSR count). The van der Waals surface area contributed by atoms with Crippen LogP contribution in [-0.2, 0) is 24.6 Å². The molecule has 0 aliphatic carbocycles. The van der Waals surface area contributed by atoms with E-state index in [0.29, 0.717) is 0 Å². The minimum absolute atomic E-state index is 0.211. The van der Waals surface area contributed by atoms with Gasteiger partial charge in [0.05, 0.1) is 0 Å². The summed E-state index contributed by atoms with van der Waals surface area (Å²) >= 11 is 0. The van der Waals surface area contributed by atoms with Crippen LogP contribution < -0.4 is 0 Å². The molecule has 22 heavy (non-hydrogen) atoms. The van der Waals surface area contributed by atoms with E-state index in [1.54, 1.807) is 0 Å². The van der Waals surface area contributed by atoms with Gasteiger partial charge in [0, 0.05) is 0 Å². The first kappa shape index (κ1) is 17.2. The first-order valence-corrected chi connectivity index (χ1v) is 6.18. The first-order valence-electron chi connectivity index (χ1n) is 6.18. The molecule has 1 atom stereocenters. The lowest BCUT2D eigenvalue weighted by Gasteiger charge is -2.38. The Morgan fingerprint density at radius 1 is 0.818 bits per heavy atom. The molecule has 0 spiro atoms. The van der Waals surface area contributed by atoms with E-state index in [1.165, 1.54) is 37.3 Å². The van der Waals surface area contributed by atoms with Crippen LogP contribution in [-0.4, -0.2) is 44.3 Å². The molecule has 1 aromatic rings. The van der Waals surface area contributed by atoms with Crippen LogP contribution in [0.3, 0.4) is 0 Å². The van der Waals surface area contributed by atoms with Gasteiger partial charge in [0.15, 0.2) is 0 Å². The molecule has 0 heterocycles. The Balaban J connectivity index is 3.98. The van der Waals surface area contributed by atoms with Crippen molar-refractivity contribution in [2.45, 2.75) is 18.8 Å². The van der Waals surface area contributed by atoms with Crippen LogP contribution >= 0.6 is 0 Å². The highest BCUT2D eigenvalue weighted by molar-refractivity contribution is 6.21. The monoisotopic (exact) mass is 310 g/mol. The lowest BCUT2D eigenvalue weighted by molar-refractivity contribution is -0.188. The van der Waals surface area contributed by atoms with E-state index in [9.17, 15) is 39.6 Å². The third kappa shape index (κ3) is 2.00. The molecule has 0 fully saturated rings. The smallest absolute Gasteiger partial charge is 0.334 e. The number of rotatable bonds is 7. The summed E-state index contributed by atoms with van der Waals surface area (Å²) < 4.78 is 0. The normalized spacial score (nSPS) is 13.9. The van der Waals surface area contributed by atoms with Crippen molar-refractivity contribution in [3.63, 3.8) is 0 Å². The molecule has 0 bridgehead atoms. The summed E-state index contributed by atoms with van der Waals surface area (Å²) in [5, 5.41) is 37.5. The van der Waals surface area contributed by atoms with Crippen molar-refractivity contribution in [1.82, 2.24) is 0 Å². The minimum atomic E-state index is -3.56. The van der Waals surface area contributed by atoms with E-state index in [0.717, 1.165) is 0 Å². The second-order valence-electron chi connectivity index (χ2n) is 4.60. The van der Waals surface area contributed by atoms with Crippen molar-refractivity contribution in [3.8, 4) is 0 Å². The molecule has 0 radical (unpaired) electrons. The van der Waals surface area contributed by atoms with Crippen molar-refractivity contribution >= 4 is 23.9 Å². The molecule has 1 unspecified atom stereocenters. The van der Waals surface area contributed by atoms with Gasteiger partial charge in [-0.15, -0.1) is 0 Å². The SMILES string of the molecule is CCC(C(=O)O)(c1ccccc1)C(C(=O)O)(C(=O)O)C(=O)O. The molecule has 0 amide bonds. The number of hydrogen-bond acceptors (Lipinski definition) is 4. The predicted molar refractivity (Wildman–Crippen MR) is 71.4 cm³/mol. The standard InChI is InChI=1S/C14H14O8/c1-2-13(9(15)16,8-6-4-3-5-7-8)14(10(17)18,11(19)20)12(21)22/h3-7H,2H2,1H3,(H,15,16)(H,17,18)(H,19,20)(H,21,22). The third-order valence-corrected chi connectivity index (χ3v) is 3.76. The number of benzene rings is 1. The van der Waals surface area contributed by atoms with Crippen LogP contribution in [0, 0.1) is 5.41 Å². The Hall–Kier alpha value is -2.90. The fourth-order valence-corrected chi connectivity index (χ4v) is 2.67. The Morgan fingerprint density at radius 2 is 1.23 bits per heavy atom. The van der Waals surface area contributed by atoms with Gasteiger partial charge in [0.1, 0.15) is 5.41 Å². The maximum Gasteiger partial charge on any atom is 0.334 e. The number of carboxylic acids is 4. The second-order valence-corrected chi connectivity index (χ2v) is 4.60. The van der Waals surface area contributed by atoms with Crippen molar-refractivity contribution in [2.24, 2.45) is 5.41 Å². The van der Waals surface area contributed by atoms with Crippen molar-refractivity contribution in [2.75, 3.05) is 0 Å². The molecule has 8 nitrogen and oxygen atoms in total. The summed E-state index contributed by atoms with van der Waals surface area (Å²) in [6.45, 7) is 1.23. The molecule has 0 aliphatic heterocycles. The molecule has 0 aromatic heterocycles. The Kier molecular flexibility index (Phi) is 4.55. The van der Waals surface area contributed by atoms with Gasteiger partial charge in [-0.05, 0) is 12.0 Å². The van der Waals surface area contributed by atoms with Gasteiger partial charge in [-0.25, -0.2) is 0 Å². The van der Waals surface area contributed by atoms with Crippen LogP contribution in [0.1, 0.15) is 18.9 Å². The molecular formula is C14H14O8. The van der Waals surface area contributed by atoms with E-state index < -0.39 is 41.1 Å². The zero-order valence-electron chi connectivity index (χ0n) is 11.5. The van der Waals surface area contributed by atoms with Gasteiger partial charge in [-0.3, -0.25) is 19.2 Å². The van der Waals surface area contributed by atoms with Gasteiger partial charge in [-0.1, -0.05) is 37.3 Å². The average molecular weight is 310 g/mol. The molecule has 8 heteroatoms. The van der Waals surface area contributed by atoms with Crippen molar-refractivity contribution < 1.29 is 39.6 Å². The number of hydrogen-bond donors (Lipinski definition) is 4. The molecule has 0 saturated heterocycles. The fourth-order valence-electron chi connectivity index (χ4n) is 2.67. The van der Waals surface area contributed by atoms with Gasteiger partial charge < -0.3 is 20.4 Å². The quantitative estimate of drug-likeness (QED) is 0.536. The maximum atomic E-state index is 11.8. The Bertz CT molecular complexity index is 585. The molecular weight excluding hydrogens is 296 g/mol. The van der Waals surface area contributed by atoms with Crippen molar-refractivity contribution in [3.05, 3.63) is 35.9 Å². The lowest BCUT2D eigenvalue weighted by atomic mass is 9.58. The average Bonchev–Trinajstić information content (AvgIpc) is 2.43. The van der Waals surface area contributed by atoms with Crippen LogP contribution in [0.4, 0.5) is 0 Å². The van der Waals surface area contributed by atoms with E-state index in [2.05, 4.69) is 0 Å². The van der Waals surface area contributed by atoms with E-state index in [-0.39, 0.29) is 5.56 Å². The molecule has 1 aromatic carbocycles. The first-order chi connectivity index (χ1) is 10.2. The second kappa shape index (κ2) is 5.84. The third-order valence-electron chi connectivity index (χ3n) is 3.76. The zero-order valence-corrected chi connectivity index (χ0v) is 11.5. The molecule has 118 valence electrons. The van der Waals surface area contributed by atoms with E-state index in [4.69, 9.17) is 0 Å². The summed E-state index contributed by atoms with van der Waals surface area (Å²) in [6, 6.07) is 6.65. The fraction of sp³-hybridized carbons (Fsp3) is 0.286. The van der Waals surface area contributed by atoms with Gasteiger partial charge in [0.25, 0.3) is 5.41 Å². The van der Waals surface area contributed by atoms with Crippen LogP contribution in [0.25, 0.3) is 0 Å². The summed E-state index contributed by atoms with van der Waals surface area (Å²) in [4.78, 5) is 46.5. The summed E-state index contributed by atoms with van der Waals surface area (Å²) in [5.41, 5.74) is -6.44. The highest BCUT2D eigenvalue weighted by Crippen LogP contribution is 2.46. The molecule has 0 saturated carbocycles. The van der Waals surface area contributed by atoms with E-state index in [1.807, 2.05) is 0 Å². The minimum Gasteiger partial charge on any atom is -0.481 e. The largest absolute Gasteiger partial charge is 0.481 e. The zero-order chi connectivity index (χ0) is 17.1. The number of carbonyl (C=O) groups is 4. The summed E-state index contributed by atoms with van der Waals surface area (Å²) in [7, 11) is 0. The van der Waals surface area contributed by atoms with Crippen LogP contribution in [0.5, 0.6) is 0 Å². The number of aliphatic carboxylic acids is 4. The highest BCUT2D eigenvalue weighted by atomic mass is 16.4. The molecule has 0 aliphatic rings. The van der Waals surface area contributed by atoms with E-state index >= 15 is 0 Å². The summed E-state index contributed by atoms with van der Waals surface area (Å²) in [6.07, 6.45) is -0.544. The maximum absolute atomic E-state index is 11.8. The van der Waals surface area contributed by atoms with Crippen LogP contribution in [0.2, 0.25) is 0 Å². The van der Waals surface area contributed by atoms with Gasteiger partial charge >= 0.3 is 23.9 Å². The van der Waals surface area contributed by atoms with Gasteiger partial charge in [-0.2, -0.15) is 0 Å². The molecule has 4 N–H and O–H groups in total. The van der Waals surface area contributed by atoms with Gasteiger partial charge in [0.2, 0.25) is 0 Å². The number of carboxylic acid groups (broad SMARTS) is 4. The topological polar surface area (TPSA) is 149 Å². The van der Waals surface area contributed by atoms with Crippen molar-refractivity contribution in [1.29, 1.82) is 0 Å². The Morgan fingerprint density at radius 3 is 1.50 bits per heavy atom. The van der Waals surface area contributed by atoms with Crippen LogP contribution in [0.15, 0.2) is 30.3 Å².